The number of urea groups is 1. The van der Waals surface area contributed by atoms with E-state index in [9.17, 15) is 18.0 Å². The second-order valence-electron chi connectivity index (χ2n) is 4.82. The van der Waals surface area contributed by atoms with Crippen LogP contribution in [0.3, 0.4) is 0 Å². The Hall–Kier alpha value is -2.09. The van der Waals surface area contributed by atoms with Crippen LogP contribution in [0, 0.1) is 13.8 Å². The molecular formula is C13H18N2O5S. The summed E-state index contributed by atoms with van der Waals surface area (Å²) in [5.41, 5.74) is 1.58. The van der Waals surface area contributed by atoms with Gasteiger partial charge in [0, 0.05) is 12.8 Å². The number of amides is 2. The molecule has 7 nitrogen and oxygen atoms in total. The van der Waals surface area contributed by atoms with E-state index in [2.05, 4.69) is 10.6 Å². The molecule has 8 heteroatoms. The van der Waals surface area contributed by atoms with Gasteiger partial charge in [0.15, 0.2) is 0 Å². The van der Waals surface area contributed by atoms with Gasteiger partial charge in [0.2, 0.25) is 0 Å². The van der Waals surface area contributed by atoms with Gasteiger partial charge >= 0.3 is 12.0 Å². The Balaban J connectivity index is 2.83. The quantitative estimate of drug-likeness (QED) is 0.755. The number of carbonyl (C=O) groups excluding carboxylic acids is 1. The molecule has 0 heterocycles. The van der Waals surface area contributed by atoms with Crippen molar-refractivity contribution >= 4 is 27.5 Å². The van der Waals surface area contributed by atoms with Crippen molar-refractivity contribution in [3.63, 3.8) is 0 Å². The molecule has 0 radical (unpaired) electrons. The summed E-state index contributed by atoms with van der Waals surface area (Å²) in [5, 5.41) is 14.0. The third kappa shape index (κ3) is 5.42. The predicted octanol–water partition coefficient (Wildman–Crippen LogP) is 1.17. The van der Waals surface area contributed by atoms with Crippen molar-refractivity contribution in [3.05, 3.63) is 28.8 Å². The van der Waals surface area contributed by atoms with Crippen LogP contribution in [0.25, 0.3) is 0 Å². The molecule has 0 saturated carbocycles. The fourth-order valence-electron chi connectivity index (χ4n) is 1.81. The maximum atomic E-state index is 11.7. The van der Waals surface area contributed by atoms with Crippen LogP contribution in [0.5, 0.6) is 0 Å². The Morgan fingerprint density at radius 1 is 1.24 bits per heavy atom. The normalized spacial score (nSPS) is 11.0. The zero-order valence-electron chi connectivity index (χ0n) is 12.1. The van der Waals surface area contributed by atoms with Crippen LogP contribution in [0.15, 0.2) is 12.1 Å². The molecule has 0 aromatic heterocycles. The molecule has 1 aromatic carbocycles. The average molecular weight is 314 g/mol. The second-order valence-corrected chi connectivity index (χ2v) is 7.08. The summed E-state index contributed by atoms with van der Waals surface area (Å²) < 4.78 is 21.9. The molecule has 0 unspecified atom stereocenters. The fraction of sp³-hybridized carbons (Fsp3) is 0.385. The first-order valence-corrected chi connectivity index (χ1v) is 8.23. The highest BCUT2D eigenvalue weighted by Gasteiger charge is 2.15. The molecule has 0 aliphatic heterocycles. The molecule has 0 aliphatic carbocycles. The van der Waals surface area contributed by atoms with Crippen molar-refractivity contribution in [3.8, 4) is 0 Å². The second kappa shape index (κ2) is 6.57. The summed E-state index contributed by atoms with van der Waals surface area (Å²) in [4.78, 5) is 22.9. The molecule has 2 amide bonds. The first-order valence-electron chi connectivity index (χ1n) is 6.17. The maximum Gasteiger partial charge on any atom is 0.337 e. The van der Waals surface area contributed by atoms with Crippen molar-refractivity contribution < 1.29 is 23.1 Å². The number of carboxylic acid groups (broad SMARTS) is 1. The zero-order chi connectivity index (χ0) is 16.2. The van der Waals surface area contributed by atoms with Gasteiger partial charge in [0.25, 0.3) is 0 Å². The predicted molar refractivity (Wildman–Crippen MR) is 79.6 cm³/mol. The molecule has 0 spiro atoms. The Bertz CT molecular complexity index is 667. The van der Waals surface area contributed by atoms with E-state index in [0.29, 0.717) is 5.56 Å². The topological polar surface area (TPSA) is 113 Å². The average Bonchev–Trinajstić information content (AvgIpc) is 2.30. The Morgan fingerprint density at radius 2 is 1.86 bits per heavy atom. The van der Waals surface area contributed by atoms with Gasteiger partial charge in [-0.05, 0) is 31.0 Å². The Labute approximate surface area is 123 Å². The van der Waals surface area contributed by atoms with Gasteiger partial charge in [-0.1, -0.05) is 6.07 Å². The first kappa shape index (κ1) is 17.0. The van der Waals surface area contributed by atoms with E-state index in [1.54, 1.807) is 19.9 Å². The summed E-state index contributed by atoms with van der Waals surface area (Å²) in [6.07, 6.45) is 1.07. The maximum absolute atomic E-state index is 11.7. The highest BCUT2D eigenvalue weighted by molar-refractivity contribution is 7.90. The minimum Gasteiger partial charge on any atom is -0.478 e. The molecule has 1 rings (SSSR count). The molecule has 0 atom stereocenters. The number of aryl methyl sites for hydroxylation is 2. The van der Waals surface area contributed by atoms with Gasteiger partial charge in [-0.2, -0.15) is 0 Å². The van der Waals surface area contributed by atoms with Gasteiger partial charge in [-0.15, -0.1) is 0 Å². The van der Waals surface area contributed by atoms with Crippen LogP contribution in [-0.4, -0.2) is 44.1 Å². The number of aromatic carboxylic acids is 1. The highest BCUT2D eigenvalue weighted by Crippen LogP contribution is 2.22. The number of carbonyl (C=O) groups is 2. The van der Waals surface area contributed by atoms with Gasteiger partial charge in [-0.3, -0.25) is 0 Å². The zero-order valence-corrected chi connectivity index (χ0v) is 12.9. The number of hydrogen-bond donors (Lipinski definition) is 3. The van der Waals surface area contributed by atoms with Crippen LogP contribution in [0.2, 0.25) is 0 Å². The fourth-order valence-corrected chi connectivity index (χ4v) is 2.28. The van der Waals surface area contributed by atoms with E-state index < -0.39 is 21.8 Å². The van der Waals surface area contributed by atoms with Crippen LogP contribution >= 0.6 is 0 Å². The molecule has 0 aliphatic rings. The monoisotopic (exact) mass is 314 g/mol. The summed E-state index contributed by atoms with van der Waals surface area (Å²) >= 11 is 0. The molecule has 0 bridgehead atoms. The van der Waals surface area contributed by atoms with Gasteiger partial charge in [0.05, 0.1) is 17.0 Å². The molecular weight excluding hydrogens is 296 g/mol. The van der Waals surface area contributed by atoms with Gasteiger partial charge in [-0.25, -0.2) is 18.0 Å². The van der Waals surface area contributed by atoms with Crippen LogP contribution in [0.4, 0.5) is 10.5 Å². The number of anilines is 1. The third-order valence-corrected chi connectivity index (χ3v) is 3.65. The molecule has 3 N–H and O–H groups in total. The van der Waals surface area contributed by atoms with Crippen molar-refractivity contribution in [1.82, 2.24) is 5.32 Å². The summed E-state index contributed by atoms with van der Waals surface area (Å²) in [5.74, 6) is -1.33. The van der Waals surface area contributed by atoms with Crippen molar-refractivity contribution in [2.24, 2.45) is 0 Å². The van der Waals surface area contributed by atoms with Crippen LogP contribution in [0.1, 0.15) is 21.5 Å². The lowest BCUT2D eigenvalue weighted by molar-refractivity contribution is 0.0698. The lowest BCUT2D eigenvalue weighted by atomic mass is 10.0. The van der Waals surface area contributed by atoms with E-state index in [-0.39, 0.29) is 23.5 Å². The van der Waals surface area contributed by atoms with Crippen LogP contribution < -0.4 is 10.6 Å². The number of nitrogens with one attached hydrogen (secondary N) is 2. The minimum absolute atomic E-state index is 0.00855. The minimum atomic E-state index is -3.16. The number of benzene rings is 1. The molecule has 0 saturated heterocycles. The first-order chi connectivity index (χ1) is 9.60. The van der Waals surface area contributed by atoms with E-state index in [4.69, 9.17) is 5.11 Å². The molecule has 116 valence electrons. The van der Waals surface area contributed by atoms with Crippen molar-refractivity contribution in [2.75, 3.05) is 23.9 Å². The molecule has 1 aromatic rings. The van der Waals surface area contributed by atoms with Gasteiger partial charge in [0.1, 0.15) is 9.84 Å². The van der Waals surface area contributed by atoms with Gasteiger partial charge < -0.3 is 15.7 Å². The van der Waals surface area contributed by atoms with E-state index >= 15 is 0 Å². The SMILES string of the molecule is Cc1cc(C)c(NC(=O)NCCS(C)(=O)=O)c(C(=O)O)c1. The number of carboxylic acids is 1. The van der Waals surface area contributed by atoms with E-state index in [1.807, 2.05) is 0 Å². The summed E-state index contributed by atoms with van der Waals surface area (Å²) in [7, 11) is -3.16. The molecule has 0 fully saturated rings. The lowest BCUT2D eigenvalue weighted by Gasteiger charge is -2.13. The third-order valence-electron chi connectivity index (χ3n) is 2.71. The van der Waals surface area contributed by atoms with Crippen molar-refractivity contribution in [1.29, 1.82) is 0 Å². The largest absolute Gasteiger partial charge is 0.478 e. The highest BCUT2D eigenvalue weighted by atomic mass is 32.2. The van der Waals surface area contributed by atoms with E-state index in [0.717, 1.165) is 11.8 Å². The Morgan fingerprint density at radius 3 is 2.38 bits per heavy atom. The van der Waals surface area contributed by atoms with Crippen LogP contribution in [-0.2, 0) is 9.84 Å². The van der Waals surface area contributed by atoms with E-state index in [1.165, 1.54) is 6.07 Å². The summed E-state index contributed by atoms with van der Waals surface area (Å²) in [6, 6.07) is 2.56. The number of sulfone groups is 1. The smallest absolute Gasteiger partial charge is 0.337 e. The number of rotatable bonds is 5. The molecule has 21 heavy (non-hydrogen) atoms. The van der Waals surface area contributed by atoms with Crippen molar-refractivity contribution in [2.45, 2.75) is 13.8 Å². The lowest BCUT2D eigenvalue weighted by Crippen LogP contribution is -2.33. The Kier molecular flexibility index (Phi) is 5.31. The summed E-state index contributed by atoms with van der Waals surface area (Å²) in [6.45, 7) is 3.40. The number of hydrogen-bond acceptors (Lipinski definition) is 4. The standard InChI is InChI=1S/C13H18N2O5S/c1-8-6-9(2)11(10(7-8)12(16)17)15-13(18)14-4-5-21(3,19)20/h6-7H,4-5H2,1-3H3,(H,16,17)(H2,14,15,18).